The molecule has 3 nitrogen and oxygen atoms in total. The highest BCUT2D eigenvalue weighted by molar-refractivity contribution is 6.14. The minimum absolute atomic E-state index is 0.491. The Hall–Kier alpha value is -4.68. The first-order valence-corrected chi connectivity index (χ1v) is 13.4. The first-order chi connectivity index (χ1) is 18.9. The van der Waals surface area contributed by atoms with Crippen LogP contribution in [0.25, 0.3) is 55.4 Å². The fraction of sp³-hybridized carbons (Fsp3) is 0.167. The van der Waals surface area contributed by atoms with Crippen LogP contribution >= 0.6 is 0 Å². The number of pyridine rings is 1. The minimum atomic E-state index is 0.491. The number of nitriles is 1. The number of benzene rings is 4. The van der Waals surface area contributed by atoms with E-state index in [4.69, 9.17) is 4.42 Å². The largest absolute Gasteiger partial charge is 0.454 e. The van der Waals surface area contributed by atoms with Crippen LogP contribution in [0.15, 0.2) is 95.5 Å². The molecule has 0 saturated carbocycles. The molecule has 0 aliphatic rings. The fourth-order valence-corrected chi connectivity index (χ4v) is 5.54. The quantitative estimate of drug-likeness (QED) is 0.223. The SMILES string of the molecule is Cc1cc[n+](C)c(-c2c(C)ccc3c2oc2c(-c4cccc(-c5ccc(C(C)C)cc5)c4)c(C#N)ccc23)c1. The van der Waals surface area contributed by atoms with Crippen molar-refractivity contribution in [2.75, 3.05) is 0 Å². The van der Waals surface area contributed by atoms with Crippen molar-refractivity contribution in [3.8, 4) is 39.6 Å². The normalized spacial score (nSPS) is 11.4. The molecule has 0 saturated heterocycles. The van der Waals surface area contributed by atoms with Crippen LogP contribution < -0.4 is 4.57 Å². The monoisotopic (exact) mass is 507 g/mol. The van der Waals surface area contributed by atoms with Gasteiger partial charge in [-0.2, -0.15) is 5.26 Å². The molecule has 2 aromatic heterocycles. The molecule has 0 N–H and O–H groups in total. The predicted molar refractivity (Wildman–Crippen MR) is 159 cm³/mol. The lowest BCUT2D eigenvalue weighted by Gasteiger charge is -2.10. The average molecular weight is 508 g/mol. The van der Waals surface area contributed by atoms with E-state index in [2.05, 4.69) is 124 Å². The zero-order chi connectivity index (χ0) is 27.3. The Kier molecular flexibility index (Phi) is 6.04. The summed E-state index contributed by atoms with van der Waals surface area (Å²) in [6, 6.07) is 32.1. The highest BCUT2D eigenvalue weighted by atomic mass is 16.3. The summed E-state index contributed by atoms with van der Waals surface area (Å²) in [6.45, 7) is 8.65. The van der Waals surface area contributed by atoms with E-state index in [0.717, 1.165) is 61.0 Å². The van der Waals surface area contributed by atoms with Crippen molar-refractivity contribution in [3.05, 3.63) is 113 Å². The van der Waals surface area contributed by atoms with E-state index in [-0.39, 0.29) is 0 Å². The van der Waals surface area contributed by atoms with Crippen molar-refractivity contribution in [2.45, 2.75) is 33.6 Å². The van der Waals surface area contributed by atoms with Crippen LogP contribution in [-0.4, -0.2) is 0 Å². The van der Waals surface area contributed by atoms with Crippen LogP contribution in [0.2, 0.25) is 0 Å². The van der Waals surface area contributed by atoms with Gasteiger partial charge in [0.15, 0.2) is 6.20 Å². The lowest BCUT2D eigenvalue weighted by atomic mass is 9.93. The number of furan rings is 1. The number of aromatic nitrogens is 1. The summed E-state index contributed by atoms with van der Waals surface area (Å²) in [5.41, 5.74) is 12.1. The summed E-state index contributed by atoms with van der Waals surface area (Å²) in [7, 11) is 2.06. The van der Waals surface area contributed by atoms with Gasteiger partial charge in [-0.3, -0.25) is 0 Å². The zero-order valence-corrected chi connectivity index (χ0v) is 23.0. The fourth-order valence-electron chi connectivity index (χ4n) is 5.54. The number of fused-ring (bicyclic) bond motifs is 3. The van der Waals surface area contributed by atoms with Crippen molar-refractivity contribution >= 4 is 21.9 Å². The van der Waals surface area contributed by atoms with E-state index in [1.807, 2.05) is 12.1 Å². The molecule has 0 amide bonds. The molecule has 6 rings (SSSR count). The van der Waals surface area contributed by atoms with Crippen LogP contribution in [0.1, 0.15) is 42.0 Å². The van der Waals surface area contributed by atoms with Crippen molar-refractivity contribution in [3.63, 3.8) is 0 Å². The zero-order valence-electron chi connectivity index (χ0n) is 23.0. The lowest BCUT2D eigenvalue weighted by Crippen LogP contribution is -2.30. The smallest absolute Gasteiger partial charge is 0.216 e. The minimum Gasteiger partial charge on any atom is -0.454 e. The van der Waals surface area contributed by atoms with Gasteiger partial charge in [-0.25, -0.2) is 4.57 Å². The van der Waals surface area contributed by atoms with Crippen LogP contribution in [0.4, 0.5) is 0 Å². The van der Waals surface area contributed by atoms with Gasteiger partial charge in [0, 0.05) is 28.5 Å². The van der Waals surface area contributed by atoms with E-state index >= 15 is 0 Å². The summed E-state index contributed by atoms with van der Waals surface area (Å²) in [6.07, 6.45) is 2.09. The van der Waals surface area contributed by atoms with Crippen molar-refractivity contribution in [1.82, 2.24) is 0 Å². The van der Waals surface area contributed by atoms with Crippen LogP contribution in [0.3, 0.4) is 0 Å². The number of nitrogens with zero attached hydrogens (tertiary/aromatic N) is 2. The number of hydrogen-bond acceptors (Lipinski definition) is 2. The molecule has 2 heterocycles. The summed E-state index contributed by atoms with van der Waals surface area (Å²) >= 11 is 0. The molecule has 0 radical (unpaired) electrons. The van der Waals surface area contributed by atoms with Crippen molar-refractivity contribution in [1.29, 1.82) is 5.26 Å². The highest BCUT2D eigenvalue weighted by Gasteiger charge is 2.23. The maximum atomic E-state index is 10.1. The third-order valence-electron chi connectivity index (χ3n) is 7.76. The third-order valence-corrected chi connectivity index (χ3v) is 7.76. The van der Waals surface area contributed by atoms with Gasteiger partial charge in [0.1, 0.15) is 18.2 Å². The maximum absolute atomic E-state index is 10.1. The van der Waals surface area contributed by atoms with Crippen LogP contribution in [-0.2, 0) is 7.05 Å². The van der Waals surface area contributed by atoms with Gasteiger partial charge in [0.2, 0.25) is 5.69 Å². The van der Waals surface area contributed by atoms with Gasteiger partial charge in [-0.05, 0) is 71.3 Å². The van der Waals surface area contributed by atoms with E-state index in [1.165, 1.54) is 11.1 Å². The Morgan fingerprint density at radius 3 is 2.15 bits per heavy atom. The van der Waals surface area contributed by atoms with Crippen LogP contribution in [0, 0.1) is 25.2 Å². The maximum Gasteiger partial charge on any atom is 0.216 e. The summed E-state index contributed by atoms with van der Waals surface area (Å²) in [5, 5.41) is 12.2. The topological polar surface area (TPSA) is 40.8 Å². The average Bonchev–Trinajstić information content (AvgIpc) is 3.32. The summed E-state index contributed by atoms with van der Waals surface area (Å²) < 4.78 is 8.90. The Morgan fingerprint density at radius 2 is 1.44 bits per heavy atom. The van der Waals surface area contributed by atoms with Gasteiger partial charge in [-0.1, -0.05) is 68.4 Å². The molecule has 0 aliphatic heterocycles. The van der Waals surface area contributed by atoms with Gasteiger partial charge in [0.05, 0.1) is 17.2 Å². The van der Waals surface area contributed by atoms with Gasteiger partial charge in [0.25, 0.3) is 0 Å². The summed E-state index contributed by atoms with van der Waals surface area (Å²) in [4.78, 5) is 0. The van der Waals surface area contributed by atoms with E-state index in [0.29, 0.717) is 11.5 Å². The Balaban J connectivity index is 1.60. The Bertz CT molecular complexity index is 1920. The predicted octanol–water partition coefficient (Wildman–Crippen LogP) is 9.02. The van der Waals surface area contributed by atoms with E-state index < -0.39 is 0 Å². The molecule has 39 heavy (non-hydrogen) atoms. The second kappa shape index (κ2) is 9.57. The standard InChI is InChI=1S/C36H31N2O/c1-22(2)25-10-12-26(13-11-25)27-7-6-8-28(20-27)34-29(21-37)14-16-31-30-15-9-24(4)33(35(30)39-36(31)34)32-19-23(3)17-18-38(32)5/h6-20,22H,1-5H3/q+1. The molecule has 3 heteroatoms. The highest BCUT2D eigenvalue weighted by Crippen LogP contribution is 2.42. The first kappa shape index (κ1) is 24.6. The molecule has 6 aromatic rings. The molecule has 0 fully saturated rings. The van der Waals surface area contributed by atoms with E-state index in [1.54, 1.807) is 0 Å². The van der Waals surface area contributed by atoms with Gasteiger partial charge < -0.3 is 4.42 Å². The van der Waals surface area contributed by atoms with Crippen molar-refractivity contribution < 1.29 is 8.98 Å². The molecule has 0 aliphatic carbocycles. The molecule has 0 spiro atoms. The molecule has 190 valence electrons. The Labute approximate surface area is 229 Å². The molecular weight excluding hydrogens is 476 g/mol. The molecular formula is C36H31N2O+. The number of hydrogen-bond donors (Lipinski definition) is 0. The second-order valence-corrected chi connectivity index (χ2v) is 10.8. The molecule has 0 atom stereocenters. The second-order valence-electron chi connectivity index (χ2n) is 10.8. The molecule has 4 aromatic carbocycles. The van der Waals surface area contributed by atoms with Crippen molar-refractivity contribution in [2.24, 2.45) is 7.05 Å². The number of rotatable bonds is 4. The van der Waals surface area contributed by atoms with Crippen LogP contribution in [0.5, 0.6) is 0 Å². The Morgan fingerprint density at radius 1 is 0.744 bits per heavy atom. The summed E-state index contributed by atoms with van der Waals surface area (Å²) in [5.74, 6) is 0.491. The third kappa shape index (κ3) is 4.19. The van der Waals surface area contributed by atoms with Gasteiger partial charge in [-0.15, -0.1) is 0 Å². The number of aryl methyl sites for hydroxylation is 3. The lowest BCUT2D eigenvalue weighted by molar-refractivity contribution is -0.660. The van der Waals surface area contributed by atoms with E-state index in [9.17, 15) is 5.26 Å². The molecule has 0 bridgehead atoms. The first-order valence-electron chi connectivity index (χ1n) is 13.4. The molecule has 0 unspecified atom stereocenters. The van der Waals surface area contributed by atoms with Gasteiger partial charge >= 0.3 is 0 Å².